The third-order valence-electron chi connectivity index (χ3n) is 2.99. The Morgan fingerprint density at radius 3 is 2.71 bits per heavy atom. The summed E-state index contributed by atoms with van der Waals surface area (Å²) in [5.74, 6) is -1.08. The van der Waals surface area contributed by atoms with Crippen molar-refractivity contribution in [2.24, 2.45) is 0 Å². The molecule has 1 rings (SSSR count). The van der Waals surface area contributed by atoms with E-state index < -0.39 is 36.4 Å². The van der Waals surface area contributed by atoms with Crippen molar-refractivity contribution in [3.05, 3.63) is 36.0 Å². The van der Waals surface area contributed by atoms with Gasteiger partial charge in [0, 0.05) is 11.6 Å². The van der Waals surface area contributed by atoms with Crippen molar-refractivity contribution in [2.45, 2.75) is 45.2 Å². The van der Waals surface area contributed by atoms with Crippen molar-refractivity contribution in [3.63, 3.8) is 0 Å². The van der Waals surface area contributed by atoms with E-state index in [0.29, 0.717) is 5.57 Å². The standard InChI is InChI=1S/C15H20O6/c1-4-9(2)15(19)21-13-7-8-14(18)20-12(13)6-5-11(17)10(3)16/h4-8,10-13,16-17H,1-3H3/b6-5+,9-4+/t10-,11+,12-,13-/m1/s1. The molecule has 0 fully saturated rings. The van der Waals surface area contributed by atoms with E-state index in [2.05, 4.69) is 0 Å². The third-order valence-corrected chi connectivity index (χ3v) is 2.99. The Bertz CT molecular complexity index is 475. The fraction of sp³-hybridized carbons (Fsp3) is 0.467. The van der Waals surface area contributed by atoms with Gasteiger partial charge >= 0.3 is 11.9 Å². The highest BCUT2D eigenvalue weighted by Crippen LogP contribution is 2.16. The summed E-state index contributed by atoms with van der Waals surface area (Å²) < 4.78 is 10.3. The van der Waals surface area contributed by atoms with Crippen LogP contribution in [0.25, 0.3) is 0 Å². The van der Waals surface area contributed by atoms with Gasteiger partial charge in [0.05, 0.1) is 12.2 Å². The molecule has 116 valence electrons. The summed E-state index contributed by atoms with van der Waals surface area (Å²) in [4.78, 5) is 23.0. The minimum absolute atomic E-state index is 0.437. The molecule has 0 aromatic carbocycles. The van der Waals surface area contributed by atoms with E-state index >= 15 is 0 Å². The first kappa shape index (κ1) is 17.1. The molecule has 1 aliphatic heterocycles. The van der Waals surface area contributed by atoms with Gasteiger partial charge in [0.1, 0.15) is 0 Å². The molecule has 0 saturated carbocycles. The molecule has 2 N–H and O–H groups in total. The van der Waals surface area contributed by atoms with Crippen LogP contribution in [0.4, 0.5) is 0 Å². The lowest BCUT2D eigenvalue weighted by Gasteiger charge is -2.25. The lowest BCUT2D eigenvalue weighted by Crippen LogP contribution is -2.36. The van der Waals surface area contributed by atoms with Crippen molar-refractivity contribution < 1.29 is 29.3 Å². The Morgan fingerprint density at radius 1 is 1.48 bits per heavy atom. The summed E-state index contributed by atoms with van der Waals surface area (Å²) in [6.45, 7) is 4.75. The fourth-order valence-corrected chi connectivity index (χ4v) is 1.50. The second kappa shape index (κ2) is 7.75. The monoisotopic (exact) mass is 296 g/mol. The lowest BCUT2D eigenvalue weighted by atomic mass is 10.1. The molecule has 21 heavy (non-hydrogen) atoms. The number of carbonyl (C=O) groups excluding carboxylic acids is 2. The maximum absolute atomic E-state index is 11.7. The molecular formula is C15H20O6. The Hall–Kier alpha value is -1.92. The number of aliphatic hydroxyl groups is 2. The van der Waals surface area contributed by atoms with Crippen LogP contribution in [-0.4, -0.2) is 46.6 Å². The first-order valence-corrected chi connectivity index (χ1v) is 6.62. The average Bonchev–Trinajstić information content (AvgIpc) is 2.45. The van der Waals surface area contributed by atoms with Crippen LogP contribution >= 0.6 is 0 Å². The zero-order valence-electron chi connectivity index (χ0n) is 12.2. The minimum Gasteiger partial charge on any atom is -0.451 e. The molecule has 0 radical (unpaired) electrons. The van der Waals surface area contributed by atoms with Gasteiger partial charge in [-0.05, 0) is 32.9 Å². The molecule has 0 aromatic rings. The minimum atomic E-state index is -1.09. The maximum atomic E-state index is 11.7. The molecular weight excluding hydrogens is 276 g/mol. The summed E-state index contributed by atoms with van der Waals surface area (Å²) in [6.07, 6.45) is 3.24. The van der Waals surface area contributed by atoms with Gasteiger partial charge in [0.25, 0.3) is 0 Å². The van der Waals surface area contributed by atoms with Gasteiger partial charge in [0.2, 0.25) is 0 Å². The highest BCUT2D eigenvalue weighted by Gasteiger charge is 2.28. The Morgan fingerprint density at radius 2 is 2.14 bits per heavy atom. The zero-order chi connectivity index (χ0) is 16.0. The number of hydrogen-bond donors (Lipinski definition) is 2. The normalized spacial score (nSPS) is 25.6. The van der Waals surface area contributed by atoms with Gasteiger partial charge in [-0.2, -0.15) is 0 Å². The molecule has 6 heteroatoms. The predicted octanol–water partition coefficient (Wildman–Crippen LogP) is 0.644. The van der Waals surface area contributed by atoms with Crippen molar-refractivity contribution in [1.29, 1.82) is 0 Å². The summed E-state index contributed by atoms with van der Waals surface area (Å²) in [5.41, 5.74) is 0.437. The number of aliphatic hydroxyl groups excluding tert-OH is 2. The molecule has 0 saturated heterocycles. The average molecular weight is 296 g/mol. The first-order chi connectivity index (χ1) is 9.85. The molecule has 6 nitrogen and oxygen atoms in total. The van der Waals surface area contributed by atoms with Crippen LogP contribution in [0.3, 0.4) is 0 Å². The van der Waals surface area contributed by atoms with E-state index in [-0.39, 0.29) is 0 Å². The van der Waals surface area contributed by atoms with E-state index in [4.69, 9.17) is 9.47 Å². The molecule has 0 amide bonds. The van der Waals surface area contributed by atoms with Gasteiger partial charge in [-0.15, -0.1) is 0 Å². The number of cyclic esters (lactones) is 1. The van der Waals surface area contributed by atoms with Crippen molar-refractivity contribution in [3.8, 4) is 0 Å². The van der Waals surface area contributed by atoms with E-state index in [1.807, 2.05) is 0 Å². The first-order valence-electron chi connectivity index (χ1n) is 6.62. The van der Waals surface area contributed by atoms with E-state index in [0.717, 1.165) is 0 Å². The summed E-state index contributed by atoms with van der Waals surface area (Å²) in [6, 6.07) is 0. The van der Waals surface area contributed by atoms with Crippen LogP contribution in [-0.2, 0) is 19.1 Å². The van der Waals surface area contributed by atoms with Crippen LogP contribution in [0.15, 0.2) is 36.0 Å². The summed E-state index contributed by atoms with van der Waals surface area (Å²) >= 11 is 0. The van der Waals surface area contributed by atoms with Gasteiger partial charge in [0.15, 0.2) is 12.2 Å². The highest BCUT2D eigenvalue weighted by atomic mass is 16.6. The smallest absolute Gasteiger partial charge is 0.334 e. The van der Waals surface area contributed by atoms with Crippen LogP contribution in [0.5, 0.6) is 0 Å². The van der Waals surface area contributed by atoms with Gasteiger partial charge in [-0.25, -0.2) is 9.59 Å². The number of ether oxygens (including phenoxy) is 2. The highest BCUT2D eigenvalue weighted by molar-refractivity contribution is 5.88. The summed E-state index contributed by atoms with van der Waals surface area (Å²) in [5, 5.41) is 18.7. The third kappa shape index (κ3) is 5.17. The van der Waals surface area contributed by atoms with Crippen LogP contribution in [0.2, 0.25) is 0 Å². The lowest BCUT2D eigenvalue weighted by molar-refractivity contribution is -0.157. The number of esters is 2. The SMILES string of the molecule is C/C=C(\C)C(=O)O[C@@H]1C=CC(=O)O[C@@H]1/C=C/[C@H](O)[C@@H](C)O. The largest absolute Gasteiger partial charge is 0.451 e. The predicted molar refractivity (Wildman–Crippen MR) is 75.2 cm³/mol. The molecule has 0 aromatic heterocycles. The number of hydrogen-bond acceptors (Lipinski definition) is 6. The maximum Gasteiger partial charge on any atom is 0.334 e. The van der Waals surface area contributed by atoms with Crippen molar-refractivity contribution in [2.75, 3.05) is 0 Å². The molecule has 0 unspecified atom stereocenters. The van der Waals surface area contributed by atoms with Crippen molar-refractivity contribution in [1.82, 2.24) is 0 Å². The topological polar surface area (TPSA) is 93.1 Å². The van der Waals surface area contributed by atoms with Crippen molar-refractivity contribution >= 4 is 11.9 Å². The quantitative estimate of drug-likeness (QED) is 0.439. The van der Waals surface area contributed by atoms with Gasteiger partial charge in [-0.3, -0.25) is 0 Å². The fourth-order valence-electron chi connectivity index (χ4n) is 1.50. The number of carbonyl (C=O) groups is 2. The van der Waals surface area contributed by atoms with E-state index in [9.17, 15) is 19.8 Å². The zero-order valence-corrected chi connectivity index (χ0v) is 12.2. The Balaban J connectivity index is 2.81. The van der Waals surface area contributed by atoms with Crippen LogP contribution in [0, 0.1) is 0 Å². The Kier molecular flexibility index (Phi) is 6.33. The molecule has 0 spiro atoms. The number of allylic oxidation sites excluding steroid dienone is 1. The van der Waals surface area contributed by atoms with Gasteiger partial charge in [-0.1, -0.05) is 12.2 Å². The van der Waals surface area contributed by atoms with Gasteiger partial charge < -0.3 is 19.7 Å². The number of rotatable bonds is 5. The van der Waals surface area contributed by atoms with E-state index in [1.54, 1.807) is 19.9 Å². The molecule has 0 aliphatic carbocycles. The molecule has 1 heterocycles. The van der Waals surface area contributed by atoms with Crippen LogP contribution in [0.1, 0.15) is 20.8 Å². The van der Waals surface area contributed by atoms with E-state index in [1.165, 1.54) is 31.2 Å². The summed E-state index contributed by atoms with van der Waals surface area (Å²) in [7, 11) is 0. The molecule has 4 atom stereocenters. The van der Waals surface area contributed by atoms with Crippen LogP contribution < -0.4 is 0 Å². The Labute approximate surface area is 123 Å². The second-order valence-corrected chi connectivity index (χ2v) is 4.72. The molecule has 1 aliphatic rings. The molecule has 0 bridgehead atoms. The second-order valence-electron chi connectivity index (χ2n) is 4.72.